The number of nitrogens with zero attached hydrogens (tertiary/aromatic N) is 3. The number of methoxy groups -OCH3 is 1. The number of hydrogen-bond acceptors (Lipinski definition) is 4. The average molecular weight is 361 g/mol. The Morgan fingerprint density at radius 1 is 0.962 bits per heavy atom. The van der Waals surface area contributed by atoms with Gasteiger partial charge < -0.3 is 4.74 Å². The molecule has 0 radical (unpaired) electrons. The molecule has 2 aromatic carbocycles. The van der Waals surface area contributed by atoms with E-state index in [1.807, 2.05) is 41.8 Å². The van der Waals surface area contributed by atoms with Gasteiger partial charge in [-0.15, -0.1) is 11.8 Å². The smallest absolute Gasteiger partial charge is 0.235 e. The van der Waals surface area contributed by atoms with E-state index >= 15 is 0 Å². The van der Waals surface area contributed by atoms with Gasteiger partial charge in [-0.3, -0.25) is 4.40 Å². The molecule has 0 aliphatic carbocycles. The van der Waals surface area contributed by atoms with E-state index in [9.17, 15) is 0 Å². The molecule has 0 fully saturated rings. The predicted octanol–water partition coefficient (Wildman–Crippen LogP) is 5.10. The molecule has 0 unspecified atom stereocenters. The first-order valence-electron chi connectivity index (χ1n) is 8.34. The predicted molar refractivity (Wildman–Crippen MR) is 107 cm³/mol. The molecule has 5 heteroatoms. The van der Waals surface area contributed by atoms with Crippen LogP contribution in [-0.2, 0) is 0 Å². The van der Waals surface area contributed by atoms with E-state index in [0.29, 0.717) is 5.78 Å². The van der Waals surface area contributed by atoms with Crippen molar-refractivity contribution in [1.82, 2.24) is 14.4 Å². The Bertz CT molecular complexity index is 1070. The van der Waals surface area contributed by atoms with Crippen molar-refractivity contribution in [1.29, 1.82) is 0 Å². The Kier molecular flexibility index (Phi) is 4.39. The highest BCUT2D eigenvalue weighted by Crippen LogP contribution is 2.34. The summed E-state index contributed by atoms with van der Waals surface area (Å²) in [5, 5.41) is 0. The van der Waals surface area contributed by atoms with Crippen LogP contribution in [0, 0.1) is 6.92 Å². The summed E-state index contributed by atoms with van der Waals surface area (Å²) in [6.07, 6.45) is 4.10. The topological polar surface area (TPSA) is 39.4 Å². The molecule has 4 nitrogen and oxygen atoms in total. The normalized spacial score (nSPS) is 11.0. The minimum atomic E-state index is 0.701. The van der Waals surface area contributed by atoms with Crippen LogP contribution in [0.1, 0.15) is 5.69 Å². The molecule has 0 saturated heterocycles. The van der Waals surface area contributed by atoms with Crippen molar-refractivity contribution in [3.05, 3.63) is 66.5 Å². The summed E-state index contributed by atoms with van der Waals surface area (Å²) in [6.45, 7) is 1.98. The molecule has 0 bridgehead atoms. The van der Waals surface area contributed by atoms with Crippen LogP contribution in [0.5, 0.6) is 5.75 Å². The largest absolute Gasteiger partial charge is 0.497 e. The Hall–Kier alpha value is -2.79. The van der Waals surface area contributed by atoms with Gasteiger partial charge in [0.1, 0.15) is 5.75 Å². The SMILES string of the molecule is COc1cccc(-c2c(-c3ccc(SC)cc3)nc3nc(C)ccn23)c1. The zero-order valence-electron chi connectivity index (χ0n) is 14.9. The van der Waals surface area contributed by atoms with Crippen molar-refractivity contribution in [3.63, 3.8) is 0 Å². The van der Waals surface area contributed by atoms with Crippen molar-refractivity contribution < 1.29 is 4.74 Å². The molecule has 4 aromatic rings. The van der Waals surface area contributed by atoms with Gasteiger partial charge in [0.25, 0.3) is 0 Å². The number of hydrogen-bond donors (Lipinski definition) is 0. The van der Waals surface area contributed by atoms with Crippen LogP contribution in [0.25, 0.3) is 28.3 Å². The molecular weight excluding hydrogens is 342 g/mol. The van der Waals surface area contributed by atoms with Crippen LogP contribution in [0.3, 0.4) is 0 Å². The molecule has 0 aliphatic heterocycles. The first-order chi connectivity index (χ1) is 12.7. The number of rotatable bonds is 4. The van der Waals surface area contributed by atoms with Crippen molar-refractivity contribution in [2.45, 2.75) is 11.8 Å². The highest BCUT2D eigenvalue weighted by atomic mass is 32.2. The van der Waals surface area contributed by atoms with Gasteiger partial charge in [-0.05, 0) is 43.5 Å². The van der Waals surface area contributed by atoms with E-state index in [1.54, 1.807) is 18.9 Å². The Morgan fingerprint density at radius 2 is 1.77 bits per heavy atom. The molecule has 0 N–H and O–H groups in total. The van der Waals surface area contributed by atoms with Crippen LogP contribution in [0.15, 0.2) is 65.7 Å². The van der Waals surface area contributed by atoms with Crippen molar-refractivity contribution in [3.8, 4) is 28.3 Å². The first kappa shape index (κ1) is 16.7. The molecule has 0 amide bonds. The number of imidazole rings is 1. The standard InChI is InChI=1S/C21H19N3OS/c1-14-11-12-24-20(16-5-4-6-17(13-16)25-2)19(23-21(24)22-14)15-7-9-18(26-3)10-8-15/h4-13H,1-3H3. The minimum Gasteiger partial charge on any atom is -0.497 e. The van der Waals surface area contributed by atoms with Gasteiger partial charge in [0.05, 0.1) is 18.5 Å². The Balaban J connectivity index is 1.98. The quantitative estimate of drug-likeness (QED) is 0.474. The highest BCUT2D eigenvalue weighted by molar-refractivity contribution is 7.98. The number of aryl methyl sites for hydroxylation is 1. The second-order valence-electron chi connectivity index (χ2n) is 6.01. The van der Waals surface area contributed by atoms with E-state index < -0.39 is 0 Å². The zero-order valence-corrected chi connectivity index (χ0v) is 15.7. The zero-order chi connectivity index (χ0) is 18.1. The summed E-state index contributed by atoms with van der Waals surface area (Å²) in [5.41, 5.74) is 5.01. The lowest BCUT2D eigenvalue weighted by Gasteiger charge is -2.08. The summed E-state index contributed by atoms with van der Waals surface area (Å²) in [5.74, 6) is 1.52. The van der Waals surface area contributed by atoms with Crippen molar-refractivity contribution >= 4 is 17.5 Å². The van der Waals surface area contributed by atoms with Crippen LogP contribution in [-0.4, -0.2) is 27.7 Å². The lowest BCUT2D eigenvalue weighted by Crippen LogP contribution is -1.93. The Morgan fingerprint density at radius 3 is 2.50 bits per heavy atom. The summed E-state index contributed by atoms with van der Waals surface area (Å²) >= 11 is 1.73. The Labute approximate surface area is 156 Å². The molecule has 0 atom stereocenters. The maximum Gasteiger partial charge on any atom is 0.235 e. The van der Waals surface area contributed by atoms with Gasteiger partial charge in [-0.1, -0.05) is 24.3 Å². The number of fused-ring (bicyclic) bond motifs is 1. The molecule has 26 heavy (non-hydrogen) atoms. The van der Waals surface area contributed by atoms with Gasteiger partial charge in [0.2, 0.25) is 5.78 Å². The molecule has 2 heterocycles. The third-order valence-corrected chi connectivity index (χ3v) is 5.08. The van der Waals surface area contributed by atoms with Gasteiger partial charge in [-0.2, -0.15) is 0 Å². The molecular formula is C21H19N3OS. The summed E-state index contributed by atoms with van der Waals surface area (Å²) in [7, 11) is 1.68. The van der Waals surface area contributed by atoms with E-state index in [4.69, 9.17) is 9.72 Å². The van der Waals surface area contributed by atoms with Gasteiger partial charge in [0.15, 0.2) is 0 Å². The van der Waals surface area contributed by atoms with Crippen LogP contribution >= 0.6 is 11.8 Å². The number of ether oxygens (including phenoxy) is 1. The number of thioether (sulfide) groups is 1. The lowest BCUT2D eigenvalue weighted by molar-refractivity contribution is 0.415. The van der Waals surface area contributed by atoms with E-state index in [0.717, 1.165) is 34.0 Å². The van der Waals surface area contributed by atoms with Gasteiger partial charge >= 0.3 is 0 Å². The first-order valence-corrected chi connectivity index (χ1v) is 9.56. The molecule has 4 rings (SSSR count). The van der Waals surface area contributed by atoms with Crippen molar-refractivity contribution in [2.24, 2.45) is 0 Å². The van der Waals surface area contributed by atoms with Crippen LogP contribution in [0.2, 0.25) is 0 Å². The van der Waals surface area contributed by atoms with Crippen molar-refractivity contribution in [2.75, 3.05) is 13.4 Å². The fraction of sp³-hybridized carbons (Fsp3) is 0.143. The van der Waals surface area contributed by atoms with E-state index in [2.05, 4.69) is 41.6 Å². The molecule has 0 spiro atoms. The second kappa shape index (κ2) is 6.84. The summed E-state index contributed by atoms with van der Waals surface area (Å²) in [4.78, 5) is 10.7. The third kappa shape index (κ3) is 2.95. The number of benzene rings is 2. The minimum absolute atomic E-state index is 0.701. The molecule has 0 aliphatic rings. The lowest BCUT2D eigenvalue weighted by atomic mass is 10.0. The fourth-order valence-electron chi connectivity index (χ4n) is 3.01. The fourth-order valence-corrected chi connectivity index (χ4v) is 3.42. The molecule has 130 valence electrons. The molecule has 0 saturated carbocycles. The van der Waals surface area contributed by atoms with Crippen LogP contribution in [0.4, 0.5) is 0 Å². The maximum absolute atomic E-state index is 5.41. The van der Waals surface area contributed by atoms with Gasteiger partial charge in [0, 0.05) is 27.9 Å². The maximum atomic E-state index is 5.41. The van der Waals surface area contributed by atoms with Crippen LogP contribution < -0.4 is 4.74 Å². The third-order valence-electron chi connectivity index (χ3n) is 4.34. The average Bonchev–Trinajstić information content (AvgIpc) is 3.06. The van der Waals surface area contributed by atoms with E-state index in [1.165, 1.54) is 4.90 Å². The van der Waals surface area contributed by atoms with Gasteiger partial charge in [-0.25, -0.2) is 9.97 Å². The summed E-state index contributed by atoms with van der Waals surface area (Å²) in [6, 6.07) is 18.5. The summed E-state index contributed by atoms with van der Waals surface area (Å²) < 4.78 is 7.45. The number of aromatic nitrogens is 3. The molecule has 2 aromatic heterocycles. The monoisotopic (exact) mass is 361 g/mol. The second-order valence-corrected chi connectivity index (χ2v) is 6.89. The highest BCUT2D eigenvalue weighted by Gasteiger charge is 2.17. The van der Waals surface area contributed by atoms with E-state index in [-0.39, 0.29) is 0 Å².